The van der Waals surface area contributed by atoms with Crippen molar-refractivity contribution >= 4 is 0 Å². The fraction of sp³-hybridized carbons (Fsp3) is 0.360. The summed E-state index contributed by atoms with van der Waals surface area (Å²) in [7, 11) is 0. The molecule has 31 heavy (non-hydrogen) atoms. The van der Waals surface area contributed by atoms with Crippen LogP contribution in [0.15, 0.2) is 59.4 Å². The molecular formula is C25H26N2O4. The Balaban J connectivity index is 1.31. The topological polar surface area (TPSA) is 62.6 Å². The number of hydrogen-bond acceptors (Lipinski definition) is 5. The van der Waals surface area contributed by atoms with E-state index in [1.54, 1.807) is 4.57 Å². The van der Waals surface area contributed by atoms with Crippen LogP contribution in [0, 0.1) is 0 Å². The van der Waals surface area contributed by atoms with E-state index >= 15 is 0 Å². The molecule has 1 fully saturated rings. The van der Waals surface area contributed by atoms with E-state index in [2.05, 4.69) is 23.2 Å². The zero-order chi connectivity index (χ0) is 21.0. The molecular weight excluding hydrogens is 392 g/mol. The van der Waals surface area contributed by atoms with Crippen molar-refractivity contribution in [2.75, 3.05) is 19.8 Å². The molecule has 160 valence electrons. The van der Waals surface area contributed by atoms with Gasteiger partial charge in [0.2, 0.25) is 5.88 Å². The minimum atomic E-state index is -0.270. The summed E-state index contributed by atoms with van der Waals surface area (Å²) < 4.78 is 19.1. The molecule has 1 atom stereocenters. The second-order valence-electron chi connectivity index (χ2n) is 8.01. The molecule has 3 aromatic rings. The molecule has 0 saturated carbocycles. The van der Waals surface area contributed by atoms with E-state index < -0.39 is 0 Å². The third-order valence-electron chi connectivity index (χ3n) is 5.89. The normalized spacial score (nSPS) is 17.1. The average molecular weight is 418 g/mol. The van der Waals surface area contributed by atoms with Crippen LogP contribution in [0.5, 0.6) is 11.6 Å². The van der Waals surface area contributed by atoms with Crippen LogP contribution in [0.2, 0.25) is 0 Å². The molecule has 0 bridgehead atoms. The van der Waals surface area contributed by atoms with E-state index in [0.717, 1.165) is 49.3 Å². The summed E-state index contributed by atoms with van der Waals surface area (Å²) in [5.41, 5.74) is 4.04. The number of nitrogens with zero attached hydrogens (tertiary/aromatic N) is 2. The lowest BCUT2D eigenvalue weighted by Gasteiger charge is -2.22. The minimum absolute atomic E-state index is 0.0865. The Labute approximate surface area is 181 Å². The fourth-order valence-corrected chi connectivity index (χ4v) is 4.23. The molecule has 0 spiro atoms. The van der Waals surface area contributed by atoms with Crippen LogP contribution in [-0.4, -0.2) is 35.5 Å². The Kier molecular flexibility index (Phi) is 5.71. The van der Waals surface area contributed by atoms with Crippen LogP contribution < -0.4 is 15.2 Å². The summed E-state index contributed by atoms with van der Waals surface area (Å²) in [4.78, 5) is 16.7. The Hall–Kier alpha value is -3.12. The first-order valence-corrected chi connectivity index (χ1v) is 10.9. The number of rotatable bonds is 7. The molecule has 2 aliphatic heterocycles. The van der Waals surface area contributed by atoms with Crippen molar-refractivity contribution in [3.8, 4) is 22.9 Å². The highest BCUT2D eigenvalue weighted by Crippen LogP contribution is 2.32. The van der Waals surface area contributed by atoms with Gasteiger partial charge in [0.05, 0.1) is 18.4 Å². The second-order valence-corrected chi connectivity index (χ2v) is 8.01. The first kappa shape index (κ1) is 19.8. The molecule has 1 saturated heterocycles. The van der Waals surface area contributed by atoms with E-state index in [4.69, 9.17) is 14.2 Å². The van der Waals surface area contributed by atoms with Gasteiger partial charge in [0.25, 0.3) is 0 Å². The molecule has 1 aromatic heterocycles. The first-order valence-electron chi connectivity index (χ1n) is 10.9. The largest absolute Gasteiger partial charge is 0.493 e. The van der Waals surface area contributed by atoms with Crippen LogP contribution in [0.25, 0.3) is 11.3 Å². The van der Waals surface area contributed by atoms with Gasteiger partial charge in [-0.3, -0.25) is 4.57 Å². The second kappa shape index (κ2) is 8.94. The van der Waals surface area contributed by atoms with Crippen molar-refractivity contribution < 1.29 is 14.2 Å². The maximum absolute atomic E-state index is 12.5. The number of ether oxygens (including phenoxy) is 3. The highest BCUT2D eigenvalue weighted by molar-refractivity contribution is 5.67. The van der Waals surface area contributed by atoms with E-state index in [0.29, 0.717) is 25.6 Å². The van der Waals surface area contributed by atoms with Gasteiger partial charge < -0.3 is 14.2 Å². The summed E-state index contributed by atoms with van der Waals surface area (Å²) in [5, 5.41) is 0. The Morgan fingerprint density at radius 3 is 2.84 bits per heavy atom. The van der Waals surface area contributed by atoms with Crippen molar-refractivity contribution in [1.82, 2.24) is 9.55 Å². The summed E-state index contributed by atoms with van der Waals surface area (Å²) >= 11 is 0. The number of hydrogen-bond donors (Lipinski definition) is 0. The number of aromatic nitrogens is 2. The monoisotopic (exact) mass is 418 g/mol. The van der Waals surface area contributed by atoms with Gasteiger partial charge in [-0.25, -0.2) is 4.79 Å². The van der Waals surface area contributed by atoms with Gasteiger partial charge in [0, 0.05) is 31.2 Å². The predicted octanol–water partition coefficient (Wildman–Crippen LogP) is 3.65. The van der Waals surface area contributed by atoms with Crippen LogP contribution >= 0.6 is 0 Å². The van der Waals surface area contributed by atoms with Crippen molar-refractivity contribution in [2.45, 2.75) is 38.3 Å². The van der Waals surface area contributed by atoms with Crippen LogP contribution in [0.3, 0.4) is 0 Å². The Bertz CT molecular complexity index is 1100. The molecule has 0 amide bonds. The molecule has 0 radical (unpaired) electrons. The Morgan fingerprint density at radius 1 is 1.10 bits per heavy atom. The molecule has 6 heteroatoms. The van der Waals surface area contributed by atoms with Gasteiger partial charge >= 0.3 is 5.69 Å². The average Bonchev–Trinajstić information content (AvgIpc) is 3.32. The van der Waals surface area contributed by atoms with Crippen molar-refractivity contribution in [2.24, 2.45) is 0 Å². The summed E-state index contributed by atoms with van der Waals surface area (Å²) in [6.45, 7) is 2.44. The van der Waals surface area contributed by atoms with Gasteiger partial charge in [0.15, 0.2) is 0 Å². The van der Waals surface area contributed by atoms with Crippen LogP contribution in [0.1, 0.15) is 24.0 Å². The molecule has 6 nitrogen and oxygen atoms in total. The molecule has 5 rings (SSSR count). The van der Waals surface area contributed by atoms with E-state index in [9.17, 15) is 4.79 Å². The van der Waals surface area contributed by atoms with E-state index in [1.165, 1.54) is 11.1 Å². The summed E-state index contributed by atoms with van der Waals surface area (Å²) in [6, 6.07) is 18.3. The van der Waals surface area contributed by atoms with Gasteiger partial charge in [-0.1, -0.05) is 30.3 Å². The van der Waals surface area contributed by atoms with Crippen molar-refractivity contribution in [3.63, 3.8) is 0 Å². The maximum atomic E-state index is 12.5. The van der Waals surface area contributed by atoms with E-state index in [1.807, 2.05) is 36.4 Å². The third-order valence-corrected chi connectivity index (χ3v) is 5.89. The molecule has 3 heterocycles. The lowest BCUT2D eigenvalue weighted by Crippen LogP contribution is -2.29. The lowest BCUT2D eigenvalue weighted by atomic mass is 9.97. The standard InChI is InChI=1S/C25H26N2O4/c28-25-26-24(31-17-21-7-4-13-29-21)16-23-22-9-8-20(15-19(22)10-12-27(23)25)30-14-11-18-5-2-1-3-6-18/h1-3,5-6,8-9,15-16,21H,4,7,10-14,17H2. The van der Waals surface area contributed by atoms with Gasteiger partial charge in [-0.15, -0.1) is 0 Å². The van der Waals surface area contributed by atoms with Gasteiger partial charge in [0.1, 0.15) is 12.4 Å². The quantitative estimate of drug-likeness (QED) is 0.586. The molecule has 2 aromatic carbocycles. The van der Waals surface area contributed by atoms with Crippen LogP contribution in [0.4, 0.5) is 0 Å². The molecule has 0 aliphatic carbocycles. The van der Waals surface area contributed by atoms with Gasteiger partial charge in [-0.05, 0) is 48.6 Å². The smallest absolute Gasteiger partial charge is 0.351 e. The number of aryl methyl sites for hydroxylation is 1. The van der Waals surface area contributed by atoms with E-state index in [-0.39, 0.29) is 11.8 Å². The number of benzene rings is 2. The summed E-state index contributed by atoms with van der Waals surface area (Å²) in [6.07, 6.45) is 3.77. The van der Waals surface area contributed by atoms with Gasteiger partial charge in [-0.2, -0.15) is 4.98 Å². The molecule has 1 unspecified atom stereocenters. The molecule has 0 N–H and O–H groups in total. The highest BCUT2D eigenvalue weighted by Gasteiger charge is 2.21. The number of fused-ring (bicyclic) bond motifs is 3. The predicted molar refractivity (Wildman–Crippen MR) is 118 cm³/mol. The fourth-order valence-electron chi connectivity index (χ4n) is 4.23. The SMILES string of the molecule is O=c1nc(OCC2CCCO2)cc2n1CCc1cc(OCCc3ccccc3)ccc1-2. The lowest BCUT2D eigenvalue weighted by molar-refractivity contribution is 0.0661. The van der Waals surface area contributed by atoms with Crippen LogP contribution in [-0.2, 0) is 24.1 Å². The van der Waals surface area contributed by atoms with Crippen molar-refractivity contribution in [1.29, 1.82) is 0 Å². The third kappa shape index (κ3) is 4.49. The molecule has 2 aliphatic rings. The Morgan fingerprint density at radius 2 is 2.00 bits per heavy atom. The minimum Gasteiger partial charge on any atom is -0.493 e. The highest BCUT2D eigenvalue weighted by atomic mass is 16.5. The first-order chi connectivity index (χ1) is 15.3. The summed E-state index contributed by atoms with van der Waals surface area (Å²) in [5.74, 6) is 1.22. The zero-order valence-corrected chi connectivity index (χ0v) is 17.5. The zero-order valence-electron chi connectivity index (χ0n) is 17.5. The maximum Gasteiger partial charge on any atom is 0.351 e. The van der Waals surface area contributed by atoms with Crippen molar-refractivity contribution in [3.05, 3.63) is 76.2 Å².